The summed E-state index contributed by atoms with van der Waals surface area (Å²) < 4.78 is 5.54. The zero-order valence-electron chi connectivity index (χ0n) is 20.6. The van der Waals surface area contributed by atoms with Gasteiger partial charge in [-0.05, 0) is 55.1 Å². The average molecular weight is 482 g/mol. The molecule has 0 fully saturated rings. The second kappa shape index (κ2) is 12.4. The van der Waals surface area contributed by atoms with E-state index in [1.165, 1.54) is 22.3 Å². The van der Waals surface area contributed by atoms with Gasteiger partial charge in [0, 0.05) is 25.4 Å². The number of hydrogen-bond acceptors (Lipinski definition) is 5. The first kappa shape index (κ1) is 26.2. The van der Waals surface area contributed by atoms with Gasteiger partial charge in [-0.2, -0.15) is 0 Å². The lowest BCUT2D eigenvalue weighted by Gasteiger charge is -2.19. The molecule has 0 bridgehead atoms. The molecule has 0 spiro atoms. The normalized spacial score (nSPS) is 14.1. The van der Waals surface area contributed by atoms with Crippen molar-refractivity contribution in [1.82, 2.24) is 15.5 Å². The third-order valence-corrected chi connectivity index (χ3v) is 6.30. The summed E-state index contributed by atoms with van der Waals surface area (Å²) >= 11 is 0. The van der Waals surface area contributed by atoms with E-state index in [4.69, 9.17) is 4.74 Å². The van der Waals surface area contributed by atoms with Crippen LogP contribution < -0.4 is 10.6 Å². The Kier molecular flexibility index (Phi) is 9.25. The molecular formula is C27H35N3O5. The van der Waals surface area contributed by atoms with E-state index >= 15 is 0 Å². The Bertz CT molecular complexity index is 993. The SMILES string of the molecule is CC(CCNC(=O)OCC1c2ccccc2-c2ccccc21)CCC(=O)NC(CN(C)C)C(=O)O. The number of carbonyl (C=O) groups excluding carboxylic acids is 2. The molecular weight excluding hydrogens is 446 g/mol. The van der Waals surface area contributed by atoms with Crippen LogP contribution in [-0.2, 0) is 14.3 Å². The highest BCUT2D eigenvalue weighted by atomic mass is 16.5. The summed E-state index contributed by atoms with van der Waals surface area (Å²) in [6, 6.07) is 15.5. The Morgan fingerprint density at radius 1 is 1.00 bits per heavy atom. The molecule has 0 heterocycles. The summed E-state index contributed by atoms with van der Waals surface area (Å²) in [6.07, 6.45) is 1.08. The predicted octanol–water partition coefficient (Wildman–Crippen LogP) is 3.46. The number of aliphatic carboxylic acids is 1. The van der Waals surface area contributed by atoms with E-state index in [2.05, 4.69) is 34.9 Å². The molecule has 1 aliphatic rings. The molecule has 188 valence electrons. The fourth-order valence-electron chi connectivity index (χ4n) is 4.41. The molecule has 2 aromatic rings. The van der Waals surface area contributed by atoms with Crippen molar-refractivity contribution in [3.8, 4) is 11.1 Å². The first-order valence-corrected chi connectivity index (χ1v) is 12.0. The van der Waals surface area contributed by atoms with Crippen molar-refractivity contribution >= 4 is 18.0 Å². The Morgan fingerprint density at radius 2 is 1.60 bits per heavy atom. The van der Waals surface area contributed by atoms with Crippen LogP contribution in [0.4, 0.5) is 4.79 Å². The monoisotopic (exact) mass is 481 g/mol. The molecule has 0 radical (unpaired) electrons. The van der Waals surface area contributed by atoms with Crippen LogP contribution in [0.25, 0.3) is 11.1 Å². The van der Waals surface area contributed by atoms with Crippen molar-refractivity contribution in [2.24, 2.45) is 5.92 Å². The van der Waals surface area contributed by atoms with Crippen LogP contribution >= 0.6 is 0 Å². The van der Waals surface area contributed by atoms with Crippen molar-refractivity contribution in [3.05, 3.63) is 59.7 Å². The summed E-state index contributed by atoms with van der Waals surface area (Å²) in [6.45, 7) is 2.95. The molecule has 0 saturated heterocycles. The number of nitrogens with zero attached hydrogens (tertiary/aromatic N) is 1. The van der Waals surface area contributed by atoms with Crippen LogP contribution in [0.15, 0.2) is 48.5 Å². The molecule has 2 atom stereocenters. The molecule has 3 rings (SSSR count). The lowest BCUT2D eigenvalue weighted by molar-refractivity contribution is -0.142. The number of amides is 2. The van der Waals surface area contributed by atoms with E-state index < -0.39 is 18.1 Å². The van der Waals surface area contributed by atoms with Gasteiger partial charge in [-0.25, -0.2) is 9.59 Å². The van der Waals surface area contributed by atoms with Gasteiger partial charge in [-0.15, -0.1) is 0 Å². The summed E-state index contributed by atoms with van der Waals surface area (Å²) in [7, 11) is 3.52. The number of hydrogen-bond donors (Lipinski definition) is 3. The first-order valence-electron chi connectivity index (χ1n) is 12.0. The van der Waals surface area contributed by atoms with Gasteiger partial charge in [0.1, 0.15) is 12.6 Å². The topological polar surface area (TPSA) is 108 Å². The number of carboxylic acids is 1. The minimum atomic E-state index is -1.05. The van der Waals surface area contributed by atoms with Gasteiger partial charge in [0.2, 0.25) is 5.91 Å². The van der Waals surface area contributed by atoms with Gasteiger partial charge in [0.25, 0.3) is 0 Å². The number of ether oxygens (including phenoxy) is 1. The number of likely N-dealkylation sites (N-methyl/N-ethyl adjacent to an activating group) is 1. The first-order chi connectivity index (χ1) is 16.8. The standard InChI is InChI=1S/C27H35N3O5/c1-18(12-13-25(31)29-24(26(32)33)16-30(2)3)14-15-28-27(34)35-17-23-21-10-6-4-8-19(21)20-9-5-7-11-22(20)23/h4-11,18,23-24H,12-17H2,1-3H3,(H,28,34)(H,29,31)(H,32,33). The molecule has 3 N–H and O–H groups in total. The number of fused-ring (bicyclic) bond motifs is 3. The molecule has 2 aromatic carbocycles. The largest absolute Gasteiger partial charge is 0.480 e. The second-order valence-corrected chi connectivity index (χ2v) is 9.41. The minimum absolute atomic E-state index is 0.0210. The van der Waals surface area contributed by atoms with Crippen molar-refractivity contribution in [1.29, 1.82) is 0 Å². The van der Waals surface area contributed by atoms with Crippen molar-refractivity contribution in [3.63, 3.8) is 0 Å². The van der Waals surface area contributed by atoms with Gasteiger partial charge in [-0.1, -0.05) is 55.5 Å². The highest BCUT2D eigenvalue weighted by Crippen LogP contribution is 2.44. The van der Waals surface area contributed by atoms with E-state index in [1.807, 2.05) is 31.2 Å². The van der Waals surface area contributed by atoms with Crippen LogP contribution in [-0.4, -0.2) is 67.8 Å². The Hall–Kier alpha value is -3.39. The van der Waals surface area contributed by atoms with Crippen LogP contribution in [0, 0.1) is 5.92 Å². The van der Waals surface area contributed by atoms with Crippen molar-refractivity contribution in [2.75, 3.05) is 33.8 Å². The summed E-state index contributed by atoms with van der Waals surface area (Å²) in [5.41, 5.74) is 4.71. The van der Waals surface area contributed by atoms with Gasteiger partial charge < -0.3 is 25.4 Å². The fourth-order valence-corrected chi connectivity index (χ4v) is 4.41. The van der Waals surface area contributed by atoms with Gasteiger partial charge >= 0.3 is 12.1 Å². The molecule has 8 nitrogen and oxygen atoms in total. The fraction of sp³-hybridized carbons (Fsp3) is 0.444. The van der Waals surface area contributed by atoms with Crippen molar-refractivity contribution in [2.45, 2.75) is 38.1 Å². The lowest BCUT2D eigenvalue weighted by Crippen LogP contribution is -2.46. The van der Waals surface area contributed by atoms with E-state index in [0.29, 0.717) is 19.4 Å². The number of carboxylic acid groups (broad SMARTS) is 1. The van der Waals surface area contributed by atoms with E-state index in [-0.39, 0.29) is 37.3 Å². The van der Waals surface area contributed by atoms with Crippen molar-refractivity contribution < 1.29 is 24.2 Å². The van der Waals surface area contributed by atoms with Gasteiger partial charge in [-0.3, -0.25) is 4.79 Å². The van der Waals surface area contributed by atoms with Crippen LogP contribution in [0.1, 0.15) is 43.2 Å². The maximum atomic E-state index is 12.3. The maximum absolute atomic E-state index is 12.3. The lowest BCUT2D eigenvalue weighted by atomic mass is 9.98. The molecule has 35 heavy (non-hydrogen) atoms. The molecule has 1 aliphatic carbocycles. The minimum Gasteiger partial charge on any atom is -0.480 e. The average Bonchev–Trinajstić information content (AvgIpc) is 3.14. The number of alkyl carbamates (subject to hydrolysis) is 1. The summed E-state index contributed by atoms with van der Waals surface area (Å²) in [5.74, 6) is -1.12. The Labute approximate surface area is 206 Å². The van der Waals surface area contributed by atoms with Gasteiger partial charge in [0.15, 0.2) is 0 Å². The molecule has 2 amide bonds. The zero-order valence-corrected chi connectivity index (χ0v) is 20.6. The second-order valence-electron chi connectivity index (χ2n) is 9.41. The zero-order chi connectivity index (χ0) is 25.4. The molecule has 0 saturated carbocycles. The molecule has 0 aliphatic heterocycles. The predicted molar refractivity (Wildman–Crippen MR) is 134 cm³/mol. The van der Waals surface area contributed by atoms with E-state index in [9.17, 15) is 19.5 Å². The van der Waals surface area contributed by atoms with E-state index in [0.717, 1.165) is 0 Å². The van der Waals surface area contributed by atoms with E-state index in [1.54, 1.807) is 19.0 Å². The molecule has 0 aromatic heterocycles. The number of benzene rings is 2. The highest BCUT2D eigenvalue weighted by molar-refractivity contribution is 5.83. The smallest absolute Gasteiger partial charge is 0.407 e. The number of nitrogens with one attached hydrogen (secondary N) is 2. The van der Waals surface area contributed by atoms with Crippen LogP contribution in [0.5, 0.6) is 0 Å². The summed E-state index contributed by atoms with van der Waals surface area (Å²) in [4.78, 5) is 37.4. The van der Waals surface area contributed by atoms with Gasteiger partial charge in [0.05, 0.1) is 0 Å². The quantitative estimate of drug-likeness (QED) is 0.429. The number of carbonyl (C=O) groups is 3. The number of rotatable bonds is 12. The van der Waals surface area contributed by atoms with Crippen LogP contribution in [0.2, 0.25) is 0 Å². The molecule has 2 unspecified atom stereocenters. The Morgan fingerprint density at radius 3 is 2.17 bits per heavy atom. The summed E-state index contributed by atoms with van der Waals surface area (Å²) in [5, 5.41) is 14.6. The third-order valence-electron chi connectivity index (χ3n) is 6.30. The third kappa shape index (κ3) is 7.29. The highest BCUT2D eigenvalue weighted by Gasteiger charge is 2.29. The maximum Gasteiger partial charge on any atom is 0.407 e. The molecule has 8 heteroatoms. The van der Waals surface area contributed by atoms with Crippen LogP contribution in [0.3, 0.4) is 0 Å². The Balaban J connectivity index is 1.37.